The average molecular weight is 477 g/mol. The molecule has 0 atom stereocenters. The fourth-order valence-electron chi connectivity index (χ4n) is 4.20. The van der Waals surface area contributed by atoms with E-state index in [2.05, 4.69) is 46.1 Å². The Morgan fingerprint density at radius 3 is 2.61 bits per heavy atom. The van der Waals surface area contributed by atoms with Crippen LogP contribution >= 0.6 is 0 Å². The van der Waals surface area contributed by atoms with Crippen molar-refractivity contribution in [1.29, 1.82) is 0 Å². The molecule has 0 radical (unpaired) electrons. The molecular formula is C27H24N8O. The number of aromatic nitrogens is 7. The van der Waals surface area contributed by atoms with E-state index in [-0.39, 0.29) is 0 Å². The van der Waals surface area contributed by atoms with Crippen molar-refractivity contribution < 1.29 is 4.74 Å². The Labute approximate surface area is 207 Å². The molecule has 0 unspecified atom stereocenters. The van der Waals surface area contributed by atoms with Crippen molar-refractivity contribution in [1.82, 2.24) is 40.0 Å². The van der Waals surface area contributed by atoms with Gasteiger partial charge in [0, 0.05) is 47.7 Å². The summed E-state index contributed by atoms with van der Waals surface area (Å²) in [5.41, 5.74) is 7.18. The minimum absolute atomic E-state index is 0.590. The first kappa shape index (κ1) is 21.9. The highest BCUT2D eigenvalue weighted by atomic mass is 16.5. The van der Waals surface area contributed by atoms with Gasteiger partial charge in [0.15, 0.2) is 0 Å². The van der Waals surface area contributed by atoms with E-state index in [1.807, 2.05) is 50.6 Å². The Hall–Kier alpha value is -4.63. The SMILES string of the molecule is CN(C)CCOc1cncc(-c2cc3c(-c4cc5c(-c6ccncc6)ccnc5[nH]4)n[nH]c3cn2)c1. The second-order valence-electron chi connectivity index (χ2n) is 8.79. The molecule has 36 heavy (non-hydrogen) atoms. The first-order valence-electron chi connectivity index (χ1n) is 11.6. The molecule has 0 saturated heterocycles. The molecule has 6 aromatic heterocycles. The number of rotatable bonds is 7. The first-order valence-corrected chi connectivity index (χ1v) is 11.6. The van der Waals surface area contributed by atoms with Crippen LogP contribution in [0, 0.1) is 0 Å². The summed E-state index contributed by atoms with van der Waals surface area (Å²) < 4.78 is 5.86. The van der Waals surface area contributed by atoms with Gasteiger partial charge in [0.2, 0.25) is 0 Å². The normalized spacial score (nSPS) is 11.5. The fourth-order valence-corrected chi connectivity index (χ4v) is 4.20. The third-order valence-corrected chi connectivity index (χ3v) is 6.04. The highest BCUT2D eigenvalue weighted by Gasteiger charge is 2.15. The van der Waals surface area contributed by atoms with Crippen LogP contribution in [0.2, 0.25) is 0 Å². The van der Waals surface area contributed by atoms with Crippen LogP contribution in [0.1, 0.15) is 0 Å². The highest BCUT2D eigenvalue weighted by Crippen LogP contribution is 2.34. The number of fused-ring (bicyclic) bond motifs is 2. The van der Waals surface area contributed by atoms with E-state index in [0.717, 1.165) is 62.3 Å². The van der Waals surface area contributed by atoms with E-state index >= 15 is 0 Å². The Bertz CT molecular complexity index is 1660. The zero-order valence-electron chi connectivity index (χ0n) is 19.9. The predicted molar refractivity (Wildman–Crippen MR) is 139 cm³/mol. The molecule has 9 heteroatoms. The lowest BCUT2D eigenvalue weighted by Gasteiger charge is -2.11. The van der Waals surface area contributed by atoms with Gasteiger partial charge in [-0.25, -0.2) is 4.98 Å². The Morgan fingerprint density at radius 1 is 0.861 bits per heavy atom. The zero-order valence-corrected chi connectivity index (χ0v) is 19.9. The highest BCUT2D eigenvalue weighted by molar-refractivity contribution is 6.00. The zero-order chi connectivity index (χ0) is 24.5. The van der Waals surface area contributed by atoms with E-state index < -0.39 is 0 Å². The third-order valence-electron chi connectivity index (χ3n) is 6.04. The summed E-state index contributed by atoms with van der Waals surface area (Å²) in [7, 11) is 4.03. The molecule has 0 amide bonds. The van der Waals surface area contributed by atoms with Crippen molar-refractivity contribution in [3.63, 3.8) is 0 Å². The van der Waals surface area contributed by atoms with E-state index in [4.69, 9.17) is 4.74 Å². The van der Waals surface area contributed by atoms with Gasteiger partial charge >= 0.3 is 0 Å². The molecule has 0 aromatic carbocycles. The van der Waals surface area contributed by atoms with Gasteiger partial charge < -0.3 is 14.6 Å². The topological polar surface area (TPSA) is 109 Å². The molecule has 0 aliphatic carbocycles. The summed E-state index contributed by atoms with van der Waals surface area (Å²) in [6, 6.07) is 12.1. The van der Waals surface area contributed by atoms with E-state index in [1.54, 1.807) is 31.0 Å². The molecule has 9 nitrogen and oxygen atoms in total. The smallest absolute Gasteiger partial charge is 0.138 e. The van der Waals surface area contributed by atoms with Crippen LogP contribution in [0.4, 0.5) is 0 Å². The van der Waals surface area contributed by atoms with Crippen LogP contribution in [-0.4, -0.2) is 67.3 Å². The van der Waals surface area contributed by atoms with Crippen LogP contribution in [0.25, 0.3) is 55.7 Å². The minimum atomic E-state index is 0.590. The lowest BCUT2D eigenvalue weighted by molar-refractivity contribution is 0.261. The monoisotopic (exact) mass is 476 g/mol. The van der Waals surface area contributed by atoms with Gasteiger partial charge in [-0.2, -0.15) is 5.10 Å². The molecule has 6 heterocycles. The average Bonchev–Trinajstić information content (AvgIpc) is 3.53. The number of nitrogens with zero attached hydrogens (tertiary/aromatic N) is 6. The number of likely N-dealkylation sites (N-methyl/N-ethyl adjacent to an activating group) is 1. The molecular weight excluding hydrogens is 452 g/mol. The maximum absolute atomic E-state index is 5.86. The third kappa shape index (κ3) is 4.16. The molecule has 6 aromatic rings. The van der Waals surface area contributed by atoms with Gasteiger partial charge in [0.05, 0.1) is 29.3 Å². The maximum atomic E-state index is 5.86. The lowest BCUT2D eigenvalue weighted by atomic mass is 10.0. The second-order valence-corrected chi connectivity index (χ2v) is 8.79. The molecule has 0 aliphatic heterocycles. The Morgan fingerprint density at radius 2 is 1.75 bits per heavy atom. The first-order chi connectivity index (χ1) is 17.7. The Kier molecular flexibility index (Phi) is 5.59. The lowest BCUT2D eigenvalue weighted by Crippen LogP contribution is -2.19. The van der Waals surface area contributed by atoms with Crippen molar-refractivity contribution >= 4 is 21.9 Å². The number of aromatic amines is 2. The van der Waals surface area contributed by atoms with E-state index in [9.17, 15) is 0 Å². The van der Waals surface area contributed by atoms with Crippen LogP contribution in [0.3, 0.4) is 0 Å². The Balaban J connectivity index is 1.38. The molecule has 178 valence electrons. The van der Waals surface area contributed by atoms with Crippen LogP contribution < -0.4 is 4.74 Å². The van der Waals surface area contributed by atoms with Crippen molar-refractivity contribution in [2.75, 3.05) is 27.2 Å². The predicted octanol–water partition coefficient (Wildman–Crippen LogP) is 4.57. The van der Waals surface area contributed by atoms with Crippen LogP contribution in [-0.2, 0) is 0 Å². The van der Waals surface area contributed by atoms with Gasteiger partial charge in [0.25, 0.3) is 0 Å². The van der Waals surface area contributed by atoms with Gasteiger partial charge in [-0.05, 0) is 61.6 Å². The number of pyridine rings is 4. The second kappa shape index (κ2) is 9.20. The van der Waals surface area contributed by atoms with Crippen molar-refractivity contribution in [3.8, 4) is 39.5 Å². The quantitative estimate of drug-likeness (QED) is 0.348. The summed E-state index contributed by atoms with van der Waals surface area (Å²) in [4.78, 5) is 23.2. The van der Waals surface area contributed by atoms with Crippen LogP contribution in [0.5, 0.6) is 5.75 Å². The molecule has 0 fully saturated rings. The summed E-state index contributed by atoms with van der Waals surface area (Å²) in [6.45, 7) is 1.42. The summed E-state index contributed by atoms with van der Waals surface area (Å²) in [5, 5.41) is 9.67. The van der Waals surface area contributed by atoms with Crippen molar-refractivity contribution in [3.05, 3.63) is 73.6 Å². The standard InChI is InChI=1S/C27H24N8O/c1-35(2)9-10-36-19-11-18(14-29-15-19)23-13-22-25(16-31-23)33-34-26(22)24-12-21-20(5-8-30-27(21)32-24)17-3-6-28-7-4-17/h3-8,11-16H,9-10H2,1-2H3,(H,30,32)(H,33,34). The van der Waals surface area contributed by atoms with Gasteiger partial charge in [-0.3, -0.25) is 20.1 Å². The number of H-pyrrole nitrogens is 2. The largest absolute Gasteiger partial charge is 0.491 e. The maximum Gasteiger partial charge on any atom is 0.138 e. The summed E-state index contributed by atoms with van der Waals surface area (Å²) >= 11 is 0. The minimum Gasteiger partial charge on any atom is -0.491 e. The number of nitrogens with one attached hydrogen (secondary N) is 2. The van der Waals surface area contributed by atoms with E-state index in [0.29, 0.717) is 12.4 Å². The molecule has 0 aliphatic rings. The van der Waals surface area contributed by atoms with Gasteiger partial charge in [-0.1, -0.05) is 0 Å². The molecule has 0 spiro atoms. The fraction of sp³-hybridized carbons (Fsp3) is 0.148. The van der Waals surface area contributed by atoms with Crippen molar-refractivity contribution in [2.24, 2.45) is 0 Å². The van der Waals surface area contributed by atoms with Gasteiger partial charge in [0.1, 0.15) is 23.7 Å². The molecule has 0 bridgehead atoms. The van der Waals surface area contributed by atoms with Crippen molar-refractivity contribution in [2.45, 2.75) is 0 Å². The van der Waals surface area contributed by atoms with E-state index in [1.165, 1.54) is 0 Å². The molecule has 2 N–H and O–H groups in total. The summed E-state index contributed by atoms with van der Waals surface area (Å²) in [5.74, 6) is 0.717. The van der Waals surface area contributed by atoms with Gasteiger partial charge in [-0.15, -0.1) is 0 Å². The van der Waals surface area contributed by atoms with Crippen LogP contribution in [0.15, 0.2) is 73.6 Å². The number of hydrogen-bond donors (Lipinski definition) is 2. The number of hydrogen-bond acceptors (Lipinski definition) is 7. The number of ether oxygens (including phenoxy) is 1. The molecule has 6 rings (SSSR count). The summed E-state index contributed by atoms with van der Waals surface area (Å²) in [6.07, 6.45) is 10.7. The molecule has 0 saturated carbocycles.